The molecule has 33 heavy (non-hydrogen) atoms. The summed E-state index contributed by atoms with van der Waals surface area (Å²) in [7, 11) is 0. The first kappa shape index (κ1) is 24.9. The average Bonchev–Trinajstić information content (AvgIpc) is 2.79. The average molecular weight is 536 g/mol. The summed E-state index contributed by atoms with van der Waals surface area (Å²) in [5.74, 6) is 0.499. The van der Waals surface area contributed by atoms with Gasteiger partial charge in [-0.2, -0.15) is 9.78 Å². The highest BCUT2D eigenvalue weighted by Gasteiger charge is 2.22. The third-order valence-corrected chi connectivity index (χ3v) is 6.06. The van der Waals surface area contributed by atoms with Gasteiger partial charge in [-0.3, -0.25) is 14.9 Å². The van der Waals surface area contributed by atoms with Crippen molar-refractivity contribution < 1.29 is 9.66 Å². The molecule has 0 bridgehead atoms. The lowest BCUT2D eigenvalue weighted by Gasteiger charge is -2.16. The SMILES string of the molecule is CC[C@@H](C)c1nc2ccc(Br)cc2c(=O)n1N=Cc1cc(Cl)cc([N+](=O)[O-])c1O[C@@H](C)CC. The predicted octanol–water partition coefficient (Wildman–Crippen LogP) is 6.29. The molecule has 0 saturated heterocycles. The van der Waals surface area contributed by atoms with Crippen LogP contribution in [-0.2, 0) is 0 Å². The number of nitro groups is 1. The van der Waals surface area contributed by atoms with Crippen LogP contribution in [0.1, 0.15) is 57.8 Å². The van der Waals surface area contributed by atoms with E-state index in [0.29, 0.717) is 28.7 Å². The molecule has 0 aliphatic carbocycles. The van der Waals surface area contributed by atoms with Gasteiger partial charge in [-0.1, -0.05) is 48.3 Å². The first-order valence-corrected chi connectivity index (χ1v) is 11.7. The molecule has 10 heteroatoms. The fraction of sp³-hybridized carbons (Fsp3) is 0.348. The molecule has 3 rings (SSSR count). The minimum absolute atomic E-state index is 0.0487. The van der Waals surface area contributed by atoms with E-state index in [9.17, 15) is 14.9 Å². The molecule has 0 aliphatic rings. The maximum Gasteiger partial charge on any atom is 0.313 e. The first-order valence-electron chi connectivity index (χ1n) is 10.6. The maximum atomic E-state index is 13.3. The molecule has 1 aromatic heterocycles. The van der Waals surface area contributed by atoms with E-state index in [-0.39, 0.29) is 34.0 Å². The summed E-state index contributed by atoms with van der Waals surface area (Å²) < 4.78 is 7.83. The van der Waals surface area contributed by atoms with Crippen LogP contribution in [0.2, 0.25) is 5.02 Å². The summed E-state index contributed by atoms with van der Waals surface area (Å²) in [4.78, 5) is 29.1. The van der Waals surface area contributed by atoms with Gasteiger partial charge in [0.15, 0.2) is 0 Å². The monoisotopic (exact) mass is 534 g/mol. The van der Waals surface area contributed by atoms with Crippen LogP contribution < -0.4 is 10.3 Å². The van der Waals surface area contributed by atoms with Crippen LogP contribution in [0, 0.1) is 10.1 Å². The number of aromatic nitrogens is 2. The molecule has 0 unspecified atom stereocenters. The smallest absolute Gasteiger partial charge is 0.313 e. The number of hydrogen-bond donors (Lipinski definition) is 0. The van der Waals surface area contributed by atoms with Crippen molar-refractivity contribution in [3.05, 3.63) is 71.7 Å². The van der Waals surface area contributed by atoms with E-state index in [1.807, 2.05) is 33.8 Å². The van der Waals surface area contributed by atoms with Crippen LogP contribution in [0.5, 0.6) is 5.75 Å². The fourth-order valence-electron chi connectivity index (χ4n) is 3.14. The molecular weight excluding hydrogens is 512 g/mol. The van der Waals surface area contributed by atoms with E-state index in [1.54, 1.807) is 12.1 Å². The summed E-state index contributed by atoms with van der Waals surface area (Å²) in [6, 6.07) is 8.06. The molecule has 1 heterocycles. The Morgan fingerprint density at radius 1 is 1.27 bits per heavy atom. The molecule has 0 N–H and O–H groups in total. The molecule has 0 fully saturated rings. The molecule has 174 valence electrons. The van der Waals surface area contributed by atoms with E-state index in [1.165, 1.54) is 23.0 Å². The molecule has 0 aliphatic heterocycles. The zero-order chi connectivity index (χ0) is 24.3. The predicted molar refractivity (Wildman–Crippen MR) is 134 cm³/mol. The van der Waals surface area contributed by atoms with Crippen LogP contribution in [0.15, 0.2) is 44.7 Å². The first-order chi connectivity index (χ1) is 15.7. The van der Waals surface area contributed by atoms with Gasteiger partial charge in [-0.15, -0.1) is 0 Å². The van der Waals surface area contributed by atoms with Gasteiger partial charge in [0.1, 0.15) is 5.82 Å². The lowest BCUT2D eigenvalue weighted by Crippen LogP contribution is -2.24. The van der Waals surface area contributed by atoms with Gasteiger partial charge >= 0.3 is 5.69 Å². The van der Waals surface area contributed by atoms with Crippen LogP contribution >= 0.6 is 27.5 Å². The van der Waals surface area contributed by atoms with Gasteiger partial charge in [0, 0.05) is 27.0 Å². The Kier molecular flexibility index (Phi) is 7.86. The van der Waals surface area contributed by atoms with E-state index in [0.717, 1.165) is 10.9 Å². The van der Waals surface area contributed by atoms with Gasteiger partial charge < -0.3 is 4.74 Å². The number of nitrogens with zero attached hydrogens (tertiary/aromatic N) is 4. The second kappa shape index (κ2) is 10.4. The third-order valence-electron chi connectivity index (χ3n) is 5.35. The van der Waals surface area contributed by atoms with Crippen LogP contribution in [0.25, 0.3) is 10.9 Å². The summed E-state index contributed by atoms with van der Waals surface area (Å²) in [5, 5.41) is 16.6. The number of ether oxygens (including phenoxy) is 1. The van der Waals surface area contributed by atoms with E-state index >= 15 is 0 Å². The molecule has 0 radical (unpaired) electrons. The van der Waals surface area contributed by atoms with Gasteiger partial charge in [-0.25, -0.2) is 4.98 Å². The van der Waals surface area contributed by atoms with E-state index < -0.39 is 4.92 Å². The summed E-state index contributed by atoms with van der Waals surface area (Å²) in [5.41, 5.74) is 0.267. The van der Waals surface area contributed by atoms with Crippen molar-refractivity contribution in [1.29, 1.82) is 0 Å². The van der Waals surface area contributed by atoms with Gasteiger partial charge in [0.2, 0.25) is 5.75 Å². The Morgan fingerprint density at radius 3 is 2.64 bits per heavy atom. The second-order valence-corrected chi connectivity index (χ2v) is 9.09. The van der Waals surface area contributed by atoms with Crippen molar-refractivity contribution in [2.45, 2.75) is 52.6 Å². The normalized spacial score (nSPS) is 13.4. The number of nitro benzene ring substituents is 1. The van der Waals surface area contributed by atoms with Crippen molar-refractivity contribution in [3.63, 3.8) is 0 Å². The van der Waals surface area contributed by atoms with E-state index in [2.05, 4.69) is 26.0 Å². The highest BCUT2D eigenvalue weighted by Crippen LogP contribution is 2.35. The Hall–Kier alpha value is -2.78. The van der Waals surface area contributed by atoms with Crippen molar-refractivity contribution in [2.24, 2.45) is 5.10 Å². The largest absolute Gasteiger partial charge is 0.483 e. The molecule has 3 aromatic rings. The number of fused-ring (bicyclic) bond motifs is 1. The molecule has 8 nitrogen and oxygen atoms in total. The minimum atomic E-state index is -0.549. The van der Waals surface area contributed by atoms with Crippen molar-refractivity contribution in [3.8, 4) is 5.75 Å². The number of benzene rings is 2. The summed E-state index contributed by atoms with van der Waals surface area (Å²) in [6.07, 6.45) is 2.48. The Balaban J connectivity index is 2.24. The number of hydrogen-bond acceptors (Lipinski definition) is 6. The quantitative estimate of drug-likeness (QED) is 0.192. The molecule has 0 saturated carbocycles. The third kappa shape index (κ3) is 5.42. The van der Waals surface area contributed by atoms with Gasteiger partial charge in [-0.05, 0) is 44.0 Å². The molecule has 0 spiro atoms. The Morgan fingerprint density at radius 2 is 2.00 bits per heavy atom. The fourth-order valence-corrected chi connectivity index (χ4v) is 3.73. The highest BCUT2D eigenvalue weighted by atomic mass is 79.9. The lowest BCUT2D eigenvalue weighted by atomic mass is 10.1. The second-order valence-electron chi connectivity index (χ2n) is 7.74. The number of rotatable bonds is 8. The minimum Gasteiger partial charge on any atom is -0.483 e. The number of halogens is 2. The van der Waals surface area contributed by atoms with Crippen molar-refractivity contribution in [2.75, 3.05) is 0 Å². The van der Waals surface area contributed by atoms with Crippen molar-refractivity contribution in [1.82, 2.24) is 9.66 Å². The molecule has 0 amide bonds. The van der Waals surface area contributed by atoms with Crippen LogP contribution in [0.4, 0.5) is 5.69 Å². The Bertz CT molecular complexity index is 1290. The van der Waals surface area contributed by atoms with Crippen LogP contribution in [0.3, 0.4) is 0 Å². The van der Waals surface area contributed by atoms with Gasteiger partial charge in [0.05, 0.1) is 28.1 Å². The van der Waals surface area contributed by atoms with Crippen LogP contribution in [-0.4, -0.2) is 26.9 Å². The molecule has 2 aromatic carbocycles. The lowest BCUT2D eigenvalue weighted by molar-refractivity contribution is -0.386. The van der Waals surface area contributed by atoms with E-state index in [4.69, 9.17) is 16.3 Å². The standard InChI is InChI=1S/C23H24BrClN4O4/c1-5-13(3)22-27-19-8-7-16(24)10-18(19)23(30)28(22)26-12-15-9-17(25)11-20(29(31)32)21(15)33-14(4)6-2/h7-14H,5-6H2,1-4H3/t13-,14+/m1/s1. The topological polar surface area (TPSA) is 99.6 Å². The van der Waals surface area contributed by atoms with Crippen molar-refractivity contribution >= 4 is 50.3 Å². The summed E-state index contributed by atoms with van der Waals surface area (Å²) in [6.45, 7) is 7.68. The van der Waals surface area contributed by atoms with Gasteiger partial charge in [0.25, 0.3) is 5.56 Å². The Labute approximate surface area is 204 Å². The molecular formula is C23H24BrClN4O4. The highest BCUT2D eigenvalue weighted by molar-refractivity contribution is 9.10. The molecule has 2 atom stereocenters. The summed E-state index contributed by atoms with van der Waals surface area (Å²) >= 11 is 9.53. The zero-order valence-electron chi connectivity index (χ0n) is 18.7. The maximum absolute atomic E-state index is 13.3. The zero-order valence-corrected chi connectivity index (χ0v) is 21.1.